The quantitative estimate of drug-likeness (QED) is 0.567. The van der Waals surface area contributed by atoms with Crippen molar-refractivity contribution in [2.75, 3.05) is 0 Å². The highest BCUT2D eigenvalue weighted by atomic mass is 32.1. The van der Waals surface area contributed by atoms with Gasteiger partial charge in [0.15, 0.2) is 0 Å². The van der Waals surface area contributed by atoms with Crippen LogP contribution in [0.1, 0.15) is 26.7 Å². The molecule has 0 spiro atoms. The summed E-state index contributed by atoms with van der Waals surface area (Å²) in [6.07, 6.45) is 2.38. The van der Waals surface area contributed by atoms with Gasteiger partial charge in [0.2, 0.25) is 0 Å². The Kier molecular flexibility index (Phi) is 4.97. The standard InChI is InChI=1S/C6H14S2/c1-3-4-6(8)5(2)7/h5-8H,3-4H2,1-2H3/t5-,6+/m0/s1. The number of hydrogen-bond acceptors (Lipinski definition) is 2. The summed E-state index contributed by atoms with van der Waals surface area (Å²) in [7, 11) is 0. The first-order valence-corrected chi connectivity index (χ1v) is 4.08. The molecule has 0 N–H and O–H groups in total. The minimum Gasteiger partial charge on any atom is -0.175 e. The smallest absolute Gasteiger partial charge is 0.0131 e. The van der Waals surface area contributed by atoms with E-state index < -0.39 is 0 Å². The van der Waals surface area contributed by atoms with Crippen LogP contribution in [0.3, 0.4) is 0 Å². The first kappa shape index (κ1) is 8.70. The van der Waals surface area contributed by atoms with E-state index in [0.29, 0.717) is 10.5 Å². The second kappa shape index (κ2) is 4.57. The molecule has 0 aromatic carbocycles. The Labute approximate surface area is 62.9 Å². The lowest BCUT2D eigenvalue weighted by Gasteiger charge is -2.11. The maximum atomic E-state index is 4.33. The van der Waals surface area contributed by atoms with Gasteiger partial charge in [0, 0.05) is 10.5 Å². The lowest BCUT2D eigenvalue weighted by Crippen LogP contribution is -2.09. The van der Waals surface area contributed by atoms with Gasteiger partial charge in [0.1, 0.15) is 0 Å². The molecule has 0 bridgehead atoms. The molecule has 0 radical (unpaired) electrons. The fourth-order valence-electron chi connectivity index (χ4n) is 0.537. The monoisotopic (exact) mass is 150 g/mol. The summed E-state index contributed by atoms with van der Waals surface area (Å²) in [5.41, 5.74) is 0. The number of rotatable bonds is 3. The predicted octanol–water partition coefficient (Wildman–Crippen LogP) is 2.40. The molecule has 0 aromatic heterocycles. The molecular formula is C6H14S2. The molecule has 2 heteroatoms. The molecule has 0 aromatic rings. The van der Waals surface area contributed by atoms with E-state index in [1.54, 1.807) is 0 Å². The Morgan fingerprint density at radius 1 is 1.38 bits per heavy atom. The van der Waals surface area contributed by atoms with E-state index in [2.05, 4.69) is 39.1 Å². The Bertz CT molecular complexity index is 52.5. The van der Waals surface area contributed by atoms with E-state index in [1.165, 1.54) is 12.8 Å². The van der Waals surface area contributed by atoms with Crippen molar-refractivity contribution in [3.05, 3.63) is 0 Å². The predicted molar refractivity (Wildman–Crippen MR) is 46.1 cm³/mol. The first-order valence-electron chi connectivity index (χ1n) is 3.04. The largest absolute Gasteiger partial charge is 0.175 e. The van der Waals surface area contributed by atoms with Crippen molar-refractivity contribution in [3.63, 3.8) is 0 Å². The van der Waals surface area contributed by atoms with Crippen molar-refractivity contribution in [1.82, 2.24) is 0 Å². The third-order valence-corrected chi connectivity index (χ3v) is 2.44. The van der Waals surface area contributed by atoms with Crippen molar-refractivity contribution in [3.8, 4) is 0 Å². The van der Waals surface area contributed by atoms with Crippen molar-refractivity contribution < 1.29 is 0 Å². The van der Waals surface area contributed by atoms with Gasteiger partial charge in [-0.1, -0.05) is 20.3 Å². The van der Waals surface area contributed by atoms with Crippen LogP contribution in [0.15, 0.2) is 0 Å². The third kappa shape index (κ3) is 3.67. The molecule has 8 heavy (non-hydrogen) atoms. The van der Waals surface area contributed by atoms with Crippen molar-refractivity contribution in [2.45, 2.75) is 37.2 Å². The Morgan fingerprint density at radius 2 is 1.88 bits per heavy atom. The summed E-state index contributed by atoms with van der Waals surface area (Å²) in [5.74, 6) is 0. The topological polar surface area (TPSA) is 0 Å². The normalized spacial score (nSPS) is 18.0. The fraction of sp³-hybridized carbons (Fsp3) is 1.00. The Balaban J connectivity index is 3.17. The molecule has 0 saturated carbocycles. The van der Waals surface area contributed by atoms with Gasteiger partial charge in [-0.3, -0.25) is 0 Å². The number of thiol groups is 2. The van der Waals surface area contributed by atoms with Gasteiger partial charge in [-0.2, -0.15) is 25.3 Å². The van der Waals surface area contributed by atoms with Crippen LogP contribution in [0.5, 0.6) is 0 Å². The average molecular weight is 150 g/mol. The molecule has 0 nitrogen and oxygen atoms in total. The summed E-state index contributed by atoms with van der Waals surface area (Å²) in [6.45, 7) is 4.25. The van der Waals surface area contributed by atoms with Crippen LogP contribution in [0.2, 0.25) is 0 Å². The highest BCUT2D eigenvalue weighted by molar-refractivity contribution is 7.85. The van der Waals surface area contributed by atoms with Crippen LogP contribution >= 0.6 is 25.3 Å². The van der Waals surface area contributed by atoms with E-state index in [4.69, 9.17) is 0 Å². The summed E-state index contributed by atoms with van der Waals surface area (Å²) in [5, 5.41) is 0.904. The molecule has 0 aliphatic carbocycles. The van der Waals surface area contributed by atoms with Crippen molar-refractivity contribution in [1.29, 1.82) is 0 Å². The molecule has 0 heterocycles. The van der Waals surface area contributed by atoms with Crippen LogP contribution in [0, 0.1) is 0 Å². The maximum absolute atomic E-state index is 4.33. The molecule has 0 unspecified atom stereocenters. The SMILES string of the molecule is CCC[C@@H](S)[C@H](C)S. The zero-order valence-corrected chi connectivity index (χ0v) is 7.25. The molecular weight excluding hydrogens is 136 g/mol. The van der Waals surface area contributed by atoms with E-state index in [1.807, 2.05) is 0 Å². The Morgan fingerprint density at radius 3 is 2.00 bits per heavy atom. The van der Waals surface area contributed by atoms with Crippen LogP contribution in [-0.2, 0) is 0 Å². The van der Waals surface area contributed by atoms with E-state index >= 15 is 0 Å². The first-order chi connectivity index (χ1) is 3.68. The molecule has 2 atom stereocenters. The van der Waals surface area contributed by atoms with E-state index in [-0.39, 0.29) is 0 Å². The minimum atomic E-state index is 0.429. The summed E-state index contributed by atoms with van der Waals surface area (Å²) >= 11 is 8.58. The highest BCUT2D eigenvalue weighted by Crippen LogP contribution is 2.13. The van der Waals surface area contributed by atoms with Gasteiger partial charge in [-0.15, -0.1) is 0 Å². The zero-order chi connectivity index (χ0) is 6.57. The van der Waals surface area contributed by atoms with Gasteiger partial charge in [-0.05, 0) is 6.42 Å². The molecule has 0 amide bonds. The third-order valence-electron chi connectivity index (χ3n) is 1.14. The molecule has 0 aliphatic heterocycles. The summed E-state index contributed by atoms with van der Waals surface area (Å²) in [6, 6.07) is 0. The Hall–Kier alpha value is 0.700. The summed E-state index contributed by atoms with van der Waals surface area (Å²) < 4.78 is 0. The van der Waals surface area contributed by atoms with Gasteiger partial charge < -0.3 is 0 Å². The second-order valence-electron chi connectivity index (χ2n) is 2.10. The molecule has 0 saturated heterocycles. The lowest BCUT2D eigenvalue weighted by atomic mass is 10.2. The zero-order valence-electron chi connectivity index (χ0n) is 5.46. The molecule has 0 rings (SSSR count). The second-order valence-corrected chi connectivity index (χ2v) is 3.57. The van der Waals surface area contributed by atoms with Crippen LogP contribution in [0.25, 0.3) is 0 Å². The van der Waals surface area contributed by atoms with Gasteiger partial charge in [-0.25, -0.2) is 0 Å². The molecule has 0 fully saturated rings. The average Bonchev–Trinajstić information content (AvgIpc) is 1.67. The van der Waals surface area contributed by atoms with E-state index in [9.17, 15) is 0 Å². The molecule has 50 valence electrons. The van der Waals surface area contributed by atoms with Gasteiger partial charge in [0.05, 0.1) is 0 Å². The van der Waals surface area contributed by atoms with Crippen LogP contribution in [-0.4, -0.2) is 10.5 Å². The lowest BCUT2D eigenvalue weighted by molar-refractivity contribution is 0.737. The number of hydrogen-bond donors (Lipinski definition) is 2. The molecule has 0 aliphatic rings. The van der Waals surface area contributed by atoms with Gasteiger partial charge >= 0.3 is 0 Å². The minimum absolute atomic E-state index is 0.429. The summed E-state index contributed by atoms with van der Waals surface area (Å²) in [4.78, 5) is 0. The van der Waals surface area contributed by atoms with Crippen molar-refractivity contribution in [2.24, 2.45) is 0 Å². The fourth-order valence-corrected chi connectivity index (χ4v) is 0.944. The highest BCUT2D eigenvalue weighted by Gasteiger charge is 2.05. The van der Waals surface area contributed by atoms with Crippen molar-refractivity contribution >= 4 is 25.3 Å². The van der Waals surface area contributed by atoms with Gasteiger partial charge in [0.25, 0.3) is 0 Å². The van der Waals surface area contributed by atoms with E-state index in [0.717, 1.165) is 0 Å². The maximum Gasteiger partial charge on any atom is 0.0131 e. The van der Waals surface area contributed by atoms with Crippen LogP contribution in [0.4, 0.5) is 0 Å². The van der Waals surface area contributed by atoms with Crippen LogP contribution < -0.4 is 0 Å².